The number of fused-ring (bicyclic) bond motifs is 1. The van der Waals surface area contributed by atoms with Gasteiger partial charge in [0.25, 0.3) is 0 Å². The highest BCUT2D eigenvalue weighted by molar-refractivity contribution is 5.57. The minimum absolute atomic E-state index is 0.0250. The van der Waals surface area contributed by atoms with Gasteiger partial charge in [-0.1, -0.05) is 0 Å². The average molecular weight is 265 g/mol. The predicted molar refractivity (Wildman–Crippen MR) is 62.7 cm³/mol. The van der Waals surface area contributed by atoms with Gasteiger partial charge in [0.15, 0.2) is 11.5 Å². The predicted octanol–water partition coefficient (Wildman–Crippen LogP) is 2.28. The van der Waals surface area contributed by atoms with Crippen LogP contribution in [0.1, 0.15) is 24.8 Å². The number of carbonyl (C=O) groups excluding carboxylic acids is 1. The fraction of sp³-hybridized carbons (Fsp3) is 0.462. The number of isocyanates is 1. The van der Waals surface area contributed by atoms with E-state index in [2.05, 4.69) is 4.99 Å². The third kappa shape index (κ3) is 1.60. The fourth-order valence-electron chi connectivity index (χ4n) is 2.57. The van der Waals surface area contributed by atoms with Crippen LogP contribution in [0, 0.1) is 5.82 Å². The lowest BCUT2D eigenvalue weighted by atomic mass is 9.72. The van der Waals surface area contributed by atoms with Gasteiger partial charge in [0, 0.05) is 5.56 Å². The van der Waals surface area contributed by atoms with Crippen molar-refractivity contribution in [2.24, 2.45) is 4.99 Å². The van der Waals surface area contributed by atoms with Gasteiger partial charge in [0.1, 0.15) is 5.54 Å². The highest BCUT2D eigenvalue weighted by atomic mass is 19.1. The monoisotopic (exact) mass is 265 g/mol. The van der Waals surface area contributed by atoms with Crippen LogP contribution in [0.4, 0.5) is 4.39 Å². The molecule has 0 saturated heterocycles. The van der Waals surface area contributed by atoms with Gasteiger partial charge < -0.3 is 14.2 Å². The van der Waals surface area contributed by atoms with Crippen molar-refractivity contribution in [2.45, 2.75) is 24.8 Å². The van der Waals surface area contributed by atoms with Gasteiger partial charge in [-0.2, -0.15) is 9.38 Å². The molecule has 0 spiro atoms. The van der Waals surface area contributed by atoms with Gasteiger partial charge in [-0.05, 0) is 25.3 Å². The second kappa shape index (κ2) is 4.24. The fourth-order valence-corrected chi connectivity index (χ4v) is 2.57. The Labute approximate surface area is 109 Å². The van der Waals surface area contributed by atoms with Crippen molar-refractivity contribution in [2.75, 3.05) is 13.9 Å². The SMILES string of the molecule is COc1c(C2(N=C=O)CCC2)cc2c(c1F)OCO2. The summed E-state index contributed by atoms with van der Waals surface area (Å²) in [4.78, 5) is 14.5. The number of ether oxygens (including phenoxy) is 3. The van der Waals surface area contributed by atoms with E-state index in [1.54, 1.807) is 12.1 Å². The van der Waals surface area contributed by atoms with E-state index in [4.69, 9.17) is 14.2 Å². The molecule has 19 heavy (non-hydrogen) atoms. The van der Waals surface area contributed by atoms with Crippen LogP contribution in [0.3, 0.4) is 0 Å². The molecule has 0 bridgehead atoms. The van der Waals surface area contributed by atoms with Crippen LogP contribution in [-0.2, 0) is 10.3 Å². The molecule has 1 aliphatic heterocycles. The summed E-state index contributed by atoms with van der Waals surface area (Å²) in [5, 5.41) is 0. The zero-order valence-corrected chi connectivity index (χ0v) is 10.4. The van der Waals surface area contributed by atoms with E-state index in [-0.39, 0.29) is 18.3 Å². The summed E-state index contributed by atoms with van der Waals surface area (Å²) in [6.07, 6.45) is 3.82. The van der Waals surface area contributed by atoms with Gasteiger partial charge >= 0.3 is 0 Å². The summed E-state index contributed by atoms with van der Waals surface area (Å²) in [5.74, 6) is -0.186. The molecule has 6 heteroatoms. The highest BCUT2D eigenvalue weighted by Crippen LogP contribution is 2.52. The van der Waals surface area contributed by atoms with Gasteiger partial charge in [-0.15, -0.1) is 0 Å². The first-order valence-corrected chi connectivity index (χ1v) is 5.97. The molecule has 1 fully saturated rings. The number of methoxy groups -OCH3 is 1. The smallest absolute Gasteiger partial charge is 0.235 e. The van der Waals surface area contributed by atoms with Gasteiger partial charge in [-0.3, -0.25) is 0 Å². The molecule has 0 atom stereocenters. The van der Waals surface area contributed by atoms with Gasteiger partial charge in [0.05, 0.1) is 7.11 Å². The van der Waals surface area contributed by atoms with Gasteiger partial charge in [0.2, 0.25) is 24.4 Å². The summed E-state index contributed by atoms with van der Waals surface area (Å²) < 4.78 is 29.7. The number of hydrogen-bond acceptors (Lipinski definition) is 5. The molecule has 100 valence electrons. The molecule has 0 N–H and O–H groups in total. The van der Waals surface area contributed by atoms with Crippen LogP contribution >= 0.6 is 0 Å². The zero-order valence-electron chi connectivity index (χ0n) is 10.4. The van der Waals surface area contributed by atoms with Crippen molar-refractivity contribution in [1.82, 2.24) is 0 Å². The van der Waals surface area contributed by atoms with Crippen molar-refractivity contribution in [3.05, 3.63) is 17.4 Å². The molecular weight excluding hydrogens is 253 g/mol. The van der Waals surface area contributed by atoms with E-state index in [1.807, 2.05) is 0 Å². The molecule has 1 aromatic rings. The van der Waals surface area contributed by atoms with E-state index in [9.17, 15) is 9.18 Å². The Bertz CT molecular complexity index is 576. The lowest BCUT2D eigenvalue weighted by molar-refractivity contribution is 0.170. The van der Waals surface area contributed by atoms with E-state index in [0.29, 0.717) is 24.2 Å². The second-order valence-electron chi connectivity index (χ2n) is 4.59. The number of nitrogens with zero attached hydrogens (tertiary/aromatic N) is 1. The Kier molecular flexibility index (Phi) is 2.68. The minimum Gasteiger partial charge on any atom is -0.493 e. The Morgan fingerprint density at radius 1 is 1.47 bits per heavy atom. The first kappa shape index (κ1) is 12.0. The molecule has 3 rings (SSSR count). The average Bonchev–Trinajstić information content (AvgIpc) is 2.82. The normalized spacial score (nSPS) is 18.4. The molecule has 1 heterocycles. The molecule has 0 aromatic heterocycles. The molecule has 0 amide bonds. The zero-order chi connectivity index (χ0) is 13.5. The number of benzene rings is 1. The molecule has 5 nitrogen and oxygen atoms in total. The van der Waals surface area contributed by atoms with Crippen LogP contribution in [0.5, 0.6) is 17.2 Å². The van der Waals surface area contributed by atoms with Crippen molar-refractivity contribution in [3.63, 3.8) is 0 Å². The Morgan fingerprint density at radius 3 is 2.84 bits per heavy atom. The summed E-state index contributed by atoms with van der Waals surface area (Å²) in [5.41, 5.74) is -0.221. The van der Waals surface area contributed by atoms with Crippen molar-refractivity contribution in [1.29, 1.82) is 0 Å². The first-order valence-electron chi connectivity index (χ1n) is 5.97. The third-order valence-electron chi connectivity index (χ3n) is 3.71. The van der Waals surface area contributed by atoms with E-state index in [0.717, 1.165) is 6.42 Å². The number of halogens is 1. The molecule has 0 unspecified atom stereocenters. The number of aliphatic imine (C=N–C) groups is 1. The Hall–Kier alpha value is -2.07. The van der Waals surface area contributed by atoms with E-state index >= 15 is 0 Å². The summed E-state index contributed by atoms with van der Waals surface area (Å²) in [6.45, 7) is -0.0250. The Balaban J connectivity index is 2.20. The second-order valence-corrected chi connectivity index (χ2v) is 4.59. The maximum atomic E-state index is 14.3. The van der Waals surface area contributed by atoms with Crippen molar-refractivity contribution < 1.29 is 23.4 Å². The van der Waals surface area contributed by atoms with Crippen LogP contribution in [0.25, 0.3) is 0 Å². The molecule has 1 aromatic carbocycles. The van der Waals surface area contributed by atoms with Crippen LogP contribution in [0.2, 0.25) is 0 Å². The highest BCUT2D eigenvalue weighted by Gasteiger charge is 2.43. The topological polar surface area (TPSA) is 57.1 Å². The maximum absolute atomic E-state index is 14.3. The lowest BCUT2D eigenvalue weighted by Gasteiger charge is -2.37. The molecule has 0 radical (unpaired) electrons. The summed E-state index contributed by atoms with van der Waals surface area (Å²) in [6, 6.07) is 1.64. The van der Waals surface area contributed by atoms with Crippen molar-refractivity contribution in [3.8, 4) is 17.2 Å². The number of hydrogen-bond donors (Lipinski definition) is 0. The quantitative estimate of drug-likeness (QED) is 0.621. The largest absolute Gasteiger partial charge is 0.493 e. The van der Waals surface area contributed by atoms with Crippen molar-refractivity contribution >= 4 is 6.08 Å². The minimum atomic E-state index is -0.741. The van der Waals surface area contributed by atoms with Gasteiger partial charge in [-0.25, -0.2) is 4.79 Å². The third-order valence-corrected chi connectivity index (χ3v) is 3.71. The maximum Gasteiger partial charge on any atom is 0.235 e. The van der Waals surface area contributed by atoms with Crippen LogP contribution in [0.15, 0.2) is 11.1 Å². The van der Waals surface area contributed by atoms with Crippen LogP contribution < -0.4 is 14.2 Å². The molecular formula is C13H12FNO4. The Morgan fingerprint density at radius 2 is 2.26 bits per heavy atom. The van der Waals surface area contributed by atoms with E-state index in [1.165, 1.54) is 7.11 Å². The van der Waals surface area contributed by atoms with Crippen LogP contribution in [-0.4, -0.2) is 20.0 Å². The lowest BCUT2D eigenvalue weighted by Crippen LogP contribution is -2.32. The summed E-state index contributed by atoms with van der Waals surface area (Å²) >= 11 is 0. The summed E-state index contributed by atoms with van der Waals surface area (Å²) in [7, 11) is 1.38. The molecule has 2 aliphatic rings. The first-order chi connectivity index (χ1) is 9.22. The molecule has 1 saturated carbocycles. The number of rotatable bonds is 3. The molecule has 1 aliphatic carbocycles. The van der Waals surface area contributed by atoms with E-state index < -0.39 is 11.4 Å². The standard InChI is InChI=1S/C13H12FNO4/c1-17-11-8(13(15-6-16)3-2-4-13)5-9-12(10(11)14)19-7-18-9/h5H,2-4,7H2,1H3.